The zero-order chi connectivity index (χ0) is 12.3. The molecule has 2 rings (SSSR count). The van der Waals surface area contributed by atoms with E-state index in [9.17, 15) is 5.11 Å². The van der Waals surface area contributed by atoms with Gasteiger partial charge in [0.05, 0.1) is 6.10 Å². The molecular weight excluding hydrogens is 210 g/mol. The second-order valence-corrected chi connectivity index (χ2v) is 5.36. The second-order valence-electron chi connectivity index (χ2n) is 5.36. The number of benzene rings is 1. The molecular formula is C15H23NO. The number of nitrogens with zero attached hydrogens (tertiary/aromatic N) is 1. The van der Waals surface area contributed by atoms with E-state index in [1.807, 2.05) is 18.2 Å². The van der Waals surface area contributed by atoms with Gasteiger partial charge in [0.15, 0.2) is 0 Å². The molecule has 1 aromatic carbocycles. The van der Waals surface area contributed by atoms with Crippen molar-refractivity contribution in [3.8, 4) is 0 Å². The van der Waals surface area contributed by atoms with Crippen molar-refractivity contribution in [1.29, 1.82) is 0 Å². The van der Waals surface area contributed by atoms with Crippen LogP contribution >= 0.6 is 0 Å². The van der Waals surface area contributed by atoms with E-state index in [1.54, 1.807) is 0 Å². The van der Waals surface area contributed by atoms with Crippen molar-refractivity contribution in [3.05, 3.63) is 35.4 Å². The van der Waals surface area contributed by atoms with Crippen LogP contribution in [0.1, 0.15) is 37.0 Å². The molecule has 0 spiro atoms. The Bertz CT molecular complexity index is 356. The van der Waals surface area contributed by atoms with E-state index < -0.39 is 0 Å². The van der Waals surface area contributed by atoms with Crippen molar-refractivity contribution >= 4 is 0 Å². The summed E-state index contributed by atoms with van der Waals surface area (Å²) in [7, 11) is 0. The third-order valence-corrected chi connectivity index (χ3v) is 3.85. The number of aryl methyl sites for hydroxylation is 1. The number of hydrogen-bond acceptors (Lipinski definition) is 2. The molecule has 17 heavy (non-hydrogen) atoms. The molecule has 1 heterocycles. The predicted molar refractivity (Wildman–Crippen MR) is 71.0 cm³/mol. The van der Waals surface area contributed by atoms with E-state index in [-0.39, 0.29) is 6.10 Å². The van der Waals surface area contributed by atoms with Crippen LogP contribution in [0, 0.1) is 12.8 Å². The Labute approximate surface area is 104 Å². The lowest BCUT2D eigenvalue weighted by Crippen LogP contribution is -2.36. The maximum atomic E-state index is 10.3. The van der Waals surface area contributed by atoms with Gasteiger partial charge in [-0.25, -0.2) is 0 Å². The van der Waals surface area contributed by atoms with Gasteiger partial charge >= 0.3 is 0 Å². The first-order valence-corrected chi connectivity index (χ1v) is 6.63. The molecule has 1 atom stereocenters. The van der Waals surface area contributed by atoms with Crippen LogP contribution < -0.4 is 0 Å². The molecule has 1 saturated heterocycles. The molecule has 94 valence electrons. The summed E-state index contributed by atoms with van der Waals surface area (Å²) in [6.07, 6.45) is 2.19. The molecule has 1 aromatic rings. The van der Waals surface area contributed by atoms with Crippen molar-refractivity contribution in [1.82, 2.24) is 4.90 Å². The summed E-state index contributed by atoms with van der Waals surface area (Å²) in [5.74, 6) is 0.849. The van der Waals surface area contributed by atoms with Crippen LogP contribution in [0.3, 0.4) is 0 Å². The fourth-order valence-corrected chi connectivity index (χ4v) is 2.55. The highest BCUT2D eigenvalue weighted by molar-refractivity contribution is 5.27. The normalized spacial score (nSPS) is 20.4. The SMILES string of the molecule is Cc1ccccc1C(O)CN1CCC(C)CC1. The van der Waals surface area contributed by atoms with Crippen LogP contribution in [0.15, 0.2) is 24.3 Å². The molecule has 1 aliphatic rings. The van der Waals surface area contributed by atoms with Gasteiger partial charge in [0.1, 0.15) is 0 Å². The van der Waals surface area contributed by atoms with Crippen molar-refractivity contribution in [2.75, 3.05) is 19.6 Å². The molecule has 0 aliphatic carbocycles. The van der Waals surface area contributed by atoms with Gasteiger partial charge in [-0.1, -0.05) is 31.2 Å². The quantitative estimate of drug-likeness (QED) is 0.867. The molecule has 0 radical (unpaired) electrons. The van der Waals surface area contributed by atoms with Gasteiger partial charge in [-0.3, -0.25) is 0 Å². The Hall–Kier alpha value is -0.860. The second kappa shape index (κ2) is 5.65. The highest BCUT2D eigenvalue weighted by atomic mass is 16.3. The summed E-state index contributed by atoms with van der Waals surface area (Å²) in [6, 6.07) is 8.13. The van der Waals surface area contributed by atoms with E-state index in [0.717, 1.165) is 31.1 Å². The monoisotopic (exact) mass is 233 g/mol. The number of rotatable bonds is 3. The summed E-state index contributed by atoms with van der Waals surface area (Å²) in [6.45, 7) is 7.41. The lowest BCUT2D eigenvalue weighted by atomic mass is 9.97. The van der Waals surface area contributed by atoms with Gasteiger partial charge in [0, 0.05) is 6.54 Å². The van der Waals surface area contributed by atoms with E-state index in [4.69, 9.17) is 0 Å². The number of aliphatic hydroxyl groups excluding tert-OH is 1. The smallest absolute Gasteiger partial charge is 0.0919 e. The van der Waals surface area contributed by atoms with Crippen LogP contribution in [0.25, 0.3) is 0 Å². The van der Waals surface area contributed by atoms with Crippen molar-refractivity contribution < 1.29 is 5.11 Å². The molecule has 1 unspecified atom stereocenters. The summed E-state index contributed by atoms with van der Waals surface area (Å²) in [5, 5.41) is 10.3. The van der Waals surface area contributed by atoms with Crippen molar-refractivity contribution in [3.63, 3.8) is 0 Å². The maximum absolute atomic E-state index is 10.3. The topological polar surface area (TPSA) is 23.5 Å². The lowest BCUT2D eigenvalue weighted by Gasteiger charge is -2.32. The van der Waals surface area contributed by atoms with Crippen LogP contribution in [0.5, 0.6) is 0 Å². The summed E-state index contributed by atoms with van der Waals surface area (Å²) in [5.41, 5.74) is 2.26. The summed E-state index contributed by atoms with van der Waals surface area (Å²) >= 11 is 0. The zero-order valence-corrected chi connectivity index (χ0v) is 10.9. The van der Waals surface area contributed by atoms with Gasteiger partial charge in [-0.2, -0.15) is 0 Å². The molecule has 0 bridgehead atoms. The molecule has 1 N–H and O–H groups in total. The first-order valence-electron chi connectivity index (χ1n) is 6.63. The number of piperidine rings is 1. The van der Waals surface area contributed by atoms with Crippen molar-refractivity contribution in [2.24, 2.45) is 5.92 Å². The van der Waals surface area contributed by atoms with E-state index in [2.05, 4.69) is 24.8 Å². The van der Waals surface area contributed by atoms with Crippen LogP contribution in [-0.2, 0) is 0 Å². The Morgan fingerprint density at radius 2 is 1.94 bits per heavy atom. The minimum absolute atomic E-state index is 0.343. The number of likely N-dealkylation sites (tertiary alicyclic amines) is 1. The summed E-state index contributed by atoms with van der Waals surface area (Å²) in [4.78, 5) is 2.39. The largest absolute Gasteiger partial charge is 0.387 e. The van der Waals surface area contributed by atoms with Crippen molar-refractivity contribution in [2.45, 2.75) is 32.8 Å². The Morgan fingerprint density at radius 3 is 2.59 bits per heavy atom. The van der Waals surface area contributed by atoms with Gasteiger partial charge in [-0.05, 0) is 49.9 Å². The Morgan fingerprint density at radius 1 is 1.29 bits per heavy atom. The molecule has 1 aliphatic heterocycles. The van der Waals surface area contributed by atoms with Gasteiger partial charge in [0.25, 0.3) is 0 Å². The summed E-state index contributed by atoms with van der Waals surface area (Å²) < 4.78 is 0. The lowest BCUT2D eigenvalue weighted by molar-refractivity contribution is 0.0912. The predicted octanol–water partition coefficient (Wildman–Crippen LogP) is 2.76. The average molecular weight is 233 g/mol. The van der Waals surface area contributed by atoms with E-state index in [0.29, 0.717) is 0 Å². The standard InChI is InChI=1S/C15H23NO/c1-12-7-9-16(10-8-12)11-15(17)14-6-4-3-5-13(14)2/h3-6,12,15,17H,7-11H2,1-2H3. The third-order valence-electron chi connectivity index (χ3n) is 3.85. The molecule has 2 nitrogen and oxygen atoms in total. The molecule has 0 saturated carbocycles. The maximum Gasteiger partial charge on any atom is 0.0919 e. The molecule has 0 aromatic heterocycles. The van der Waals surface area contributed by atoms with E-state index >= 15 is 0 Å². The highest BCUT2D eigenvalue weighted by Crippen LogP contribution is 2.21. The highest BCUT2D eigenvalue weighted by Gasteiger charge is 2.19. The first-order chi connectivity index (χ1) is 8.16. The number of aliphatic hydroxyl groups is 1. The van der Waals surface area contributed by atoms with Gasteiger partial charge in [0.2, 0.25) is 0 Å². The average Bonchev–Trinajstić information content (AvgIpc) is 2.32. The van der Waals surface area contributed by atoms with Gasteiger partial charge < -0.3 is 10.0 Å². The molecule has 0 amide bonds. The fraction of sp³-hybridized carbons (Fsp3) is 0.600. The number of β-amino-alcohol motifs (C(OH)–C–C–N with tert-alkyl or cyclic N) is 1. The first kappa shape index (κ1) is 12.6. The zero-order valence-electron chi connectivity index (χ0n) is 10.9. The minimum Gasteiger partial charge on any atom is -0.387 e. The van der Waals surface area contributed by atoms with Crippen LogP contribution in [0.4, 0.5) is 0 Å². The Balaban J connectivity index is 1.93. The van der Waals surface area contributed by atoms with Crippen LogP contribution in [0.2, 0.25) is 0 Å². The third kappa shape index (κ3) is 3.30. The fourth-order valence-electron chi connectivity index (χ4n) is 2.55. The molecule has 2 heteroatoms. The van der Waals surface area contributed by atoms with E-state index in [1.165, 1.54) is 18.4 Å². The number of hydrogen-bond donors (Lipinski definition) is 1. The minimum atomic E-state index is -0.343. The van der Waals surface area contributed by atoms with Gasteiger partial charge in [-0.15, -0.1) is 0 Å². The van der Waals surface area contributed by atoms with Crippen LogP contribution in [-0.4, -0.2) is 29.6 Å². The Kier molecular flexibility index (Phi) is 4.19. The molecule has 1 fully saturated rings.